The van der Waals surface area contributed by atoms with Crippen molar-refractivity contribution in [3.05, 3.63) is 28.2 Å². The van der Waals surface area contributed by atoms with E-state index in [0.717, 1.165) is 30.7 Å². The van der Waals surface area contributed by atoms with Gasteiger partial charge in [-0.25, -0.2) is 0 Å². The van der Waals surface area contributed by atoms with Crippen molar-refractivity contribution in [2.24, 2.45) is 5.92 Å². The van der Waals surface area contributed by atoms with Gasteiger partial charge in [0.15, 0.2) is 0 Å². The minimum absolute atomic E-state index is 0.333. The van der Waals surface area contributed by atoms with Gasteiger partial charge in [0.05, 0.1) is 6.10 Å². The van der Waals surface area contributed by atoms with Gasteiger partial charge in [-0.3, -0.25) is 0 Å². The van der Waals surface area contributed by atoms with E-state index >= 15 is 0 Å². The first-order chi connectivity index (χ1) is 9.65. The number of halogens is 1. The van der Waals surface area contributed by atoms with E-state index in [9.17, 15) is 0 Å². The first-order valence-corrected chi connectivity index (χ1v) is 8.21. The van der Waals surface area contributed by atoms with Crippen molar-refractivity contribution in [1.82, 2.24) is 5.32 Å². The van der Waals surface area contributed by atoms with E-state index in [2.05, 4.69) is 58.2 Å². The van der Waals surface area contributed by atoms with Crippen molar-refractivity contribution in [3.8, 4) is 0 Å². The predicted octanol–water partition coefficient (Wildman–Crippen LogP) is 3.42. The van der Waals surface area contributed by atoms with Crippen LogP contribution in [0.2, 0.25) is 0 Å². The molecule has 1 fully saturated rings. The maximum absolute atomic E-state index is 5.63. The van der Waals surface area contributed by atoms with Crippen molar-refractivity contribution < 1.29 is 4.74 Å². The van der Waals surface area contributed by atoms with Crippen molar-refractivity contribution in [3.63, 3.8) is 0 Å². The molecule has 2 atom stereocenters. The molecule has 4 heteroatoms. The molecular formula is C16H25BrN2O. The second-order valence-corrected chi connectivity index (χ2v) is 6.46. The van der Waals surface area contributed by atoms with Crippen molar-refractivity contribution in [2.75, 3.05) is 31.6 Å². The van der Waals surface area contributed by atoms with E-state index in [4.69, 9.17) is 4.74 Å². The van der Waals surface area contributed by atoms with E-state index in [0.29, 0.717) is 12.0 Å². The molecule has 112 valence electrons. The van der Waals surface area contributed by atoms with Crippen LogP contribution in [0.25, 0.3) is 0 Å². The summed E-state index contributed by atoms with van der Waals surface area (Å²) in [6.07, 6.45) is 1.52. The van der Waals surface area contributed by atoms with Gasteiger partial charge in [0.1, 0.15) is 0 Å². The minimum atomic E-state index is 0.333. The molecule has 0 amide bonds. The number of anilines is 1. The third-order valence-corrected chi connectivity index (χ3v) is 4.63. The average Bonchev–Trinajstić information content (AvgIpc) is 2.46. The Kier molecular flexibility index (Phi) is 5.87. The Labute approximate surface area is 130 Å². The largest absolute Gasteiger partial charge is 0.379 e. The Morgan fingerprint density at radius 2 is 2.25 bits per heavy atom. The summed E-state index contributed by atoms with van der Waals surface area (Å²) in [6, 6.07) is 6.57. The molecule has 2 rings (SSSR count). The van der Waals surface area contributed by atoms with Gasteiger partial charge in [-0.1, -0.05) is 29.8 Å². The zero-order chi connectivity index (χ0) is 14.5. The van der Waals surface area contributed by atoms with Crippen LogP contribution < -0.4 is 10.2 Å². The fourth-order valence-corrected chi connectivity index (χ4v) is 3.23. The Balaban J connectivity index is 2.18. The average molecular weight is 341 g/mol. The standard InChI is InChI=1S/C16H25BrN2O/c1-4-18-10-13-9-14(17)5-6-15(13)19-8-7-12(2)16(11-19)20-3/h5-6,9,12,16,18H,4,7-8,10-11H2,1-3H3. The van der Waals surface area contributed by atoms with E-state index in [1.807, 2.05) is 7.11 Å². The monoisotopic (exact) mass is 340 g/mol. The summed E-state index contributed by atoms with van der Waals surface area (Å²) >= 11 is 3.58. The quantitative estimate of drug-likeness (QED) is 0.888. The molecule has 1 aromatic rings. The van der Waals surface area contributed by atoms with E-state index in [1.54, 1.807) is 0 Å². The fraction of sp³-hybridized carbons (Fsp3) is 0.625. The third kappa shape index (κ3) is 3.74. The van der Waals surface area contributed by atoms with Gasteiger partial charge in [-0.05, 0) is 42.6 Å². The van der Waals surface area contributed by atoms with E-state index < -0.39 is 0 Å². The highest BCUT2D eigenvalue weighted by Gasteiger charge is 2.27. The van der Waals surface area contributed by atoms with Crippen LogP contribution >= 0.6 is 15.9 Å². The topological polar surface area (TPSA) is 24.5 Å². The van der Waals surface area contributed by atoms with E-state index in [-0.39, 0.29) is 0 Å². The van der Waals surface area contributed by atoms with Gasteiger partial charge in [0.25, 0.3) is 0 Å². The molecule has 2 unspecified atom stereocenters. The summed E-state index contributed by atoms with van der Waals surface area (Å²) in [5.74, 6) is 0.643. The summed E-state index contributed by atoms with van der Waals surface area (Å²) in [7, 11) is 1.83. The number of hydrogen-bond acceptors (Lipinski definition) is 3. The maximum Gasteiger partial charge on any atom is 0.0772 e. The fourth-order valence-electron chi connectivity index (χ4n) is 2.82. The molecule has 0 radical (unpaired) electrons. The Hall–Kier alpha value is -0.580. The number of benzene rings is 1. The third-order valence-electron chi connectivity index (χ3n) is 4.14. The van der Waals surface area contributed by atoms with Crippen LogP contribution in [-0.2, 0) is 11.3 Å². The number of methoxy groups -OCH3 is 1. The maximum atomic E-state index is 5.63. The molecule has 1 N–H and O–H groups in total. The highest BCUT2D eigenvalue weighted by molar-refractivity contribution is 9.10. The second-order valence-electron chi connectivity index (χ2n) is 5.54. The van der Waals surface area contributed by atoms with Crippen molar-refractivity contribution >= 4 is 21.6 Å². The second kappa shape index (κ2) is 7.43. The predicted molar refractivity (Wildman–Crippen MR) is 88.3 cm³/mol. The first kappa shape index (κ1) is 15.8. The Morgan fingerprint density at radius 1 is 1.45 bits per heavy atom. The molecule has 0 aromatic heterocycles. The van der Waals surface area contributed by atoms with Crippen LogP contribution in [0.1, 0.15) is 25.8 Å². The van der Waals surface area contributed by atoms with Gasteiger partial charge in [0, 0.05) is 36.9 Å². The number of nitrogens with one attached hydrogen (secondary N) is 1. The van der Waals surface area contributed by atoms with Gasteiger partial charge in [-0.2, -0.15) is 0 Å². The zero-order valence-electron chi connectivity index (χ0n) is 12.7. The lowest BCUT2D eigenvalue weighted by Crippen LogP contribution is -2.44. The lowest BCUT2D eigenvalue weighted by molar-refractivity contribution is 0.0498. The summed E-state index contributed by atoms with van der Waals surface area (Å²) in [5.41, 5.74) is 2.69. The molecule has 3 nitrogen and oxygen atoms in total. The SMILES string of the molecule is CCNCc1cc(Br)ccc1N1CCC(C)C(OC)C1. The molecule has 1 aliphatic rings. The summed E-state index contributed by atoms with van der Waals surface area (Å²) in [5, 5.41) is 3.43. The summed E-state index contributed by atoms with van der Waals surface area (Å²) in [6.45, 7) is 8.42. The molecule has 1 heterocycles. The Bertz CT molecular complexity index is 438. The van der Waals surface area contributed by atoms with Crippen LogP contribution in [0, 0.1) is 5.92 Å². The van der Waals surface area contributed by atoms with Crippen LogP contribution in [0.3, 0.4) is 0 Å². The lowest BCUT2D eigenvalue weighted by atomic mass is 9.95. The molecular weight excluding hydrogens is 316 g/mol. The number of hydrogen-bond donors (Lipinski definition) is 1. The molecule has 0 bridgehead atoms. The van der Waals surface area contributed by atoms with Crippen LogP contribution in [0.5, 0.6) is 0 Å². The van der Waals surface area contributed by atoms with E-state index in [1.165, 1.54) is 17.7 Å². The molecule has 20 heavy (non-hydrogen) atoms. The first-order valence-electron chi connectivity index (χ1n) is 7.42. The smallest absolute Gasteiger partial charge is 0.0772 e. The molecule has 0 saturated carbocycles. The molecule has 0 spiro atoms. The number of piperidine rings is 1. The van der Waals surface area contributed by atoms with Crippen LogP contribution in [0.15, 0.2) is 22.7 Å². The van der Waals surface area contributed by atoms with Crippen molar-refractivity contribution in [1.29, 1.82) is 0 Å². The number of rotatable bonds is 5. The number of ether oxygens (including phenoxy) is 1. The molecule has 1 aliphatic heterocycles. The van der Waals surface area contributed by atoms with Gasteiger partial charge < -0.3 is 15.0 Å². The normalized spacial score (nSPS) is 23.1. The minimum Gasteiger partial charge on any atom is -0.379 e. The lowest BCUT2D eigenvalue weighted by Gasteiger charge is -2.38. The molecule has 1 saturated heterocycles. The van der Waals surface area contributed by atoms with Gasteiger partial charge in [-0.15, -0.1) is 0 Å². The van der Waals surface area contributed by atoms with Crippen LogP contribution in [-0.4, -0.2) is 32.8 Å². The molecule has 0 aliphatic carbocycles. The Morgan fingerprint density at radius 3 is 2.95 bits per heavy atom. The van der Waals surface area contributed by atoms with Gasteiger partial charge >= 0.3 is 0 Å². The highest BCUT2D eigenvalue weighted by Crippen LogP contribution is 2.29. The zero-order valence-corrected chi connectivity index (χ0v) is 14.2. The van der Waals surface area contributed by atoms with Crippen LogP contribution in [0.4, 0.5) is 5.69 Å². The highest BCUT2D eigenvalue weighted by atomic mass is 79.9. The van der Waals surface area contributed by atoms with Gasteiger partial charge in [0.2, 0.25) is 0 Å². The van der Waals surface area contributed by atoms with Crippen molar-refractivity contribution in [2.45, 2.75) is 32.9 Å². The molecule has 1 aromatic carbocycles. The summed E-state index contributed by atoms with van der Waals surface area (Å²) < 4.78 is 6.77. The summed E-state index contributed by atoms with van der Waals surface area (Å²) in [4.78, 5) is 2.47. The number of nitrogens with zero attached hydrogens (tertiary/aromatic N) is 1.